The molecule has 2 N–H and O–H groups in total. The molecule has 0 saturated carbocycles. The number of phenolic OH excluding ortho intramolecular Hbond substituents is 1. The first-order chi connectivity index (χ1) is 12.4. The number of esters is 1. The second-order valence-electron chi connectivity index (χ2n) is 5.75. The van der Waals surface area contributed by atoms with Gasteiger partial charge in [0.05, 0.1) is 12.7 Å². The number of carbonyl (C=O) groups excluding carboxylic acids is 2. The number of hydrogen-bond acceptors (Lipinski definition) is 5. The smallest absolute Gasteiger partial charge is 0.311 e. The lowest BCUT2D eigenvalue weighted by Crippen LogP contribution is -2.30. The molecule has 3 rings (SSSR count). The van der Waals surface area contributed by atoms with Crippen LogP contribution in [0.5, 0.6) is 5.75 Å². The SMILES string of the molecule is C[C@@H](OC(=O)Cc1coc2cc(O)ccc12)C(=O)Nc1cccc(Cl)c1. The van der Waals surface area contributed by atoms with Crippen LogP contribution in [0, 0.1) is 0 Å². The molecule has 0 saturated heterocycles. The van der Waals surface area contributed by atoms with Gasteiger partial charge in [0.15, 0.2) is 6.10 Å². The topological polar surface area (TPSA) is 88.8 Å². The minimum Gasteiger partial charge on any atom is -0.508 e. The number of halogens is 1. The van der Waals surface area contributed by atoms with Gasteiger partial charge in [-0.1, -0.05) is 17.7 Å². The Morgan fingerprint density at radius 1 is 1.27 bits per heavy atom. The fourth-order valence-corrected chi connectivity index (χ4v) is 2.66. The Balaban J connectivity index is 1.60. The second kappa shape index (κ2) is 7.49. The maximum Gasteiger partial charge on any atom is 0.311 e. The van der Waals surface area contributed by atoms with Gasteiger partial charge >= 0.3 is 5.97 Å². The minimum atomic E-state index is -0.969. The lowest BCUT2D eigenvalue weighted by atomic mass is 10.1. The number of nitrogens with one attached hydrogen (secondary N) is 1. The molecule has 6 nitrogen and oxygen atoms in total. The number of benzene rings is 2. The van der Waals surface area contributed by atoms with Gasteiger partial charge in [0.25, 0.3) is 5.91 Å². The van der Waals surface area contributed by atoms with Gasteiger partial charge in [-0.2, -0.15) is 0 Å². The van der Waals surface area contributed by atoms with Crippen LogP contribution < -0.4 is 5.32 Å². The summed E-state index contributed by atoms with van der Waals surface area (Å²) in [6.45, 7) is 1.49. The molecule has 0 aliphatic rings. The van der Waals surface area contributed by atoms with Crippen LogP contribution in [0.4, 0.5) is 5.69 Å². The summed E-state index contributed by atoms with van der Waals surface area (Å²) in [6.07, 6.45) is 0.415. The number of anilines is 1. The van der Waals surface area contributed by atoms with Crippen LogP contribution in [-0.4, -0.2) is 23.1 Å². The van der Waals surface area contributed by atoms with E-state index in [0.717, 1.165) is 0 Å². The molecule has 7 heteroatoms. The number of hydrogen-bond donors (Lipinski definition) is 2. The first kappa shape index (κ1) is 17.8. The summed E-state index contributed by atoms with van der Waals surface area (Å²) in [4.78, 5) is 24.3. The van der Waals surface area contributed by atoms with E-state index >= 15 is 0 Å². The van der Waals surface area contributed by atoms with Gasteiger partial charge in [-0.25, -0.2) is 0 Å². The van der Waals surface area contributed by atoms with Crippen molar-refractivity contribution in [2.45, 2.75) is 19.4 Å². The molecule has 26 heavy (non-hydrogen) atoms. The Kier molecular flexibility index (Phi) is 5.14. The van der Waals surface area contributed by atoms with Gasteiger partial charge in [0.2, 0.25) is 0 Å². The highest BCUT2D eigenvalue weighted by Gasteiger charge is 2.19. The van der Waals surface area contributed by atoms with Crippen molar-refractivity contribution in [2.24, 2.45) is 0 Å². The van der Waals surface area contributed by atoms with Gasteiger partial charge in [0, 0.05) is 27.7 Å². The third kappa shape index (κ3) is 4.15. The number of aromatic hydroxyl groups is 1. The molecular weight excluding hydrogens is 358 g/mol. The highest BCUT2D eigenvalue weighted by molar-refractivity contribution is 6.30. The summed E-state index contributed by atoms with van der Waals surface area (Å²) in [6, 6.07) is 11.3. The Hall–Kier alpha value is -2.99. The molecule has 0 fully saturated rings. The molecule has 134 valence electrons. The van der Waals surface area contributed by atoms with E-state index in [4.69, 9.17) is 20.8 Å². The number of ether oxygens (including phenoxy) is 1. The summed E-state index contributed by atoms with van der Waals surface area (Å²) < 4.78 is 10.5. The lowest BCUT2D eigenvalue weighted by Gasteiger charge is -2.13. The molecule has 2 aromatic carbocycles. The van der Waals surface area contributed by atoms with E-state index in [9.17, 15) is 14.7 Å². The molecule has 0 radical (unpaired) electrons. The fraction of sp³-hybridized carbons (Fsp3) is 0.158. The fourth-order valence-electron chi connectivity index (χ4n) is 2.47. The standard InChI is InChI=1S/C19H16ClNO5/c1-11(19(24)21-14-4-2-3-13(20)8-14)26-18(23)7-12-10-25-17-9-15(22)5-6-16(12)17/h2-6,8-11,22H,7H2,1H3,(H,21,24)/t11-/m1/s1. The molecule has 1 heterocycles. The van der Waals surface area contributed by atoms with Gasteiger partial charge in [0.1, 0.15) is 11.3 Å². The predicted molar refractivity (Wildman–Crippen MR) is 97.2 cm³/mol. The van der Waals surface area contributed by atoms with E-state index in [1.54, 1.807) is 30.3 Å². The number of rotatable bonds is 5. The van der Waals surface area contributed by atoms with Crippen molar-refractivity contribution in [3.8, 4) is 5.75 Å². The van der Waals surface area contributed by atoms with Gasteiger partial charge < -0.3 is 19.6 Å². The monoisotopic (exact) mass is 373 g/mol. The van der Waals surface area contributed by atoms with Crippen LogP contribution in [0.2, 0.25) is 5.02 Å². The molecule has 1 atom stereocenters. The van der Waals surface area contributed by atoms with E-state index in [2.05, 4.69) is 5.32 Å². The van der Waals surface area contributed by atoms with Crippen molar-refractivity contribution in [2.75, 3.05) is 5.32 Å². The number of amides is 1. The summed E-state index contributed by atoms with van der Waals surface area (Å²) >= 11 is 5.87. The lowest BCUT2D eigenvalue weighted by molar-refractivity contribution is -0.152. The molecule has 1 aromatic heterocycles. The Labute approximate surface area is 154 Å². The van der Waals surface area contributed by atoms with Crippen LogP contribution in [0.25, 0.3) is 11.0 Å². The van der Waals surface area contributed by atoms with E-state index < -0.39 is 18.0 Å². The maximum absolute atomic E-state index is 12.1. The Morgan fingerprint density at radius 2 is 2.08 bits per heavy atom. The van der Waals surface area contributed by atoms with Crippen LogP contribution in [0.3, 0.4) is 0 Å². The minimum absolute atomic E-state index is 0.0490. The van der Waals surface area contributed by atoms with E-state index in [1.165, 1.54) is 25.3 Å². The van der Waals surface area contributed by atoms with Gasteiger partial charge in [-0.15, -0.1) is 0 Å². The maximum atomic E-state index is 12.1. The average Bonchev–Trinajstić information content (AvgIpc) is 2.96. The molecule has 0 aliphatic carbocycles. The first-order valence-corrected chi connectivity index (χ1v) is 8.25. The Morgan fingerprint density at radius 3 is 2.85 bits per heavy atom. The predicted octanol–water partition coefficient (Wildman–Crippen LogP) is 3.90. The van der Waals surface area contributed by atoms with Crippen molar-refractivity contribution >= 4 is 40.1 Å². The van der Waals surface area contributed by atoms with E-state index in [0.29, 0.717) is 27.2 Å². The van der Waals surface area contributed by atoms with Crippen LogP contribution >= 0.6 is 11.6 Å². The van der Waals surface area contributed by atoms with Gasteiger partial charge in [-0.05, 0) is 37.3 Å². The third-order valence-corrected chi connectivity index (χ3v) is 3.98. The highest BCUT2D eigenvalue weighted by Crippen LogP contribution is 2.25. The van der Waals surface area contributed by atoms with Crippen molar-refractivity contribution < 1.29 is 23.8 Å². The van der Waals surface area contributed by atoms with E-state index in [-0.39, 0.29) is 12.2 Å². The second-order valence-corrected chi connectivity index (χ2v) is 6.19. The zero-order chi connectivity index (χ0) is 18.7. The quantitative estimate of drug-likeness (QED) is 0.662. The molecule has 1 amide bonds. The van der Waals surface area contributed by atoms with Crippen molar-refractivity contribution in [1.82, 2.24) is 0 Å². The number of carbonyl (C=O) groups is 2. The van der Waals surface area contributed by atoms with E-state index in [1.807, 2.05) is 0 Å². The van der Waals surface area contributed by atoms with Crippen LogP contribution in [0.15, 0.2) is 53.1 Å². The zero-order valence-corrected chi connectivity index (χ0v) is 14.6. The van der Waals surface area contributed by atoms with Crippen LogP contribution in [-0.2, 0) is 20.7 Å². The number of furan rings is 1. The van der Waals surface area contributed by atoms with Crippen LogP contribution in [0.1, 0.15) is 12.5 Å². The average molecular weight is 374 g/mol. The number of phenols is 1. The highest BCUT2D eigenvalue weighted by atomic mass is 35.5. The molecule has 0 bridgehead atoms. The summed E-state index contributed by atoms with van der Waals surface area (Å²) in [5, 5.41) is 13.3. The zero-order valence-electron chi connectivity index (χ0n) is 13.9. The van der Waals surface area contributed by atoms with Crippen molar-refractivity contribution in [3.63, 3.8) is 0 Å². The summed E-state index contributed by atoms with van der Waals surface area (Å²) in [5.41, 5.74) is 1.61. The van der Waals surface area contributed by atoms with Gasteiger partial charge in [-0.3, -0.25) is 9.59 Å². The van der Waals surface area contributed by atoms with Crippen molar-refractivity contribution in [1.29, 1.82) is 0 Å². The molecular formula is C19H16ClNO5. The molecule has 0 unspecified atom stereocenters. The molecule has 0 spiro atoms. The number of fused-ring (bicyclic) bond motifs is 1. The summed E-state index contributed by atoms with van der Waals surface area (Å²) in [5.74, 6) is -0.940. The molecule has 0 aliphatic heterocycles. The molecule has 3 aromatic rings. The third-order valence-electron chi connectivity index (χ3n) is 3.74. The largest absolute Gasteiger partial charge is 0.508 e. The summed E-state index contributed by atoms with van der Waals surface area (Å²) in [7, 11) is 0. The van der Waals surface area contributed by atoms with Crippen molar-refractivity contribution in [3.05, 3.63) is 59.3 Å². The normalized spacial score (nSPS) is 11.9. The Bertz CT molecular complexity index is 965. The first-order valence-electron chi connectivity index (χ1n) is 7.87.